The number of nitrogens with one attached hydrogen (secondary N) is 2. The highest BCUT2D eigenvalue weighted by Crippen LogP contribution is 2.34. The van der Waals surface area contributed by atoms with Crippen LogP contribution in [0, 0.1) is 11.3 Å². The van der Waals surface area contributed by atoms with Crippen LogP contribution in [0.2, 0.25) is 0 Å². The van der Waals surface area contributed by atoms with Crippen molar-refractivity contribution in [3.63, 3.8) is 0 Å². The molecule has 0 amide bonds. The highest BCUT2D eigenvalue weighted by atomic mass is 15.3. The van der Waals surface area contributed by atoms with Crippen molar-refractivity contribution in [2.24, 2.45) is 7.05 Å². The Balaban J connectivity index is 1.41. The largest absolute Gasteiger partial charge is 0.339 e. The van der Waals surface area contributed by atoms with Crippen LogP contribution in [0.15, 0.2) is 37.1 Å². The van der Waals surface area contributed by atoms with Crippen LogP contribution in [0.4, 0.5) is 5.95 Å². The minimum absolute atomic E-state index is 0.499. The Hall–Kier alpha value is -3.77. The summed E-state index contributed by atoms with van der Waals surface area (Å²) in [6, 6.07) is 5.36. The first-order valence-corrected chi connectivity index (χ1v) is 9.92. The van der Waals surface area contributed by atoms with Gasteiger partial charge < -0.3 is 15.2 Å². The number of aromatic amines is 1. The SMILES string of the molecule is Cn1cc(-c2cc3c(-c4cnc(N5CC6CC(C5)N6)nc4)c(C#N)cnc3[nH]2)cn1. The molecule has 7 rings (SSSR count). The first kappa shape index (κ1) is 17.1. The quantitative estimate of drug-likeness (QED) is 0.542. The number of aryl methyl sites for hydroxylation is 1. The van der Waals surface area contributed by atoms with Gasteiger partial charge in [-0.25, -0.2) is 15.0 Å². The highest BCUT2D eigenvalue weighted by molar-refractivity contribution is 5.98. The van der Waals surface area contributed by atoms with Crippen molar-refractivity contribution in [1.29, 1.82) is 5.26 Å². The van der Waals surface area contributed by atoms with Crippen LogP contribution in [0.5, 0.6) is 0 Å². The molecule has 4 aromatic heterocycles. The van der Waals surface area contributed by atoms with Gasteiger partial charge in [-0.1, -0.05) is 0 Å². The predicted octanol–water partition coefficient (Wildman–Crippen LogP) is 1.84. The zero-order valence-electron chi connectivity index (χ0n) is 16.4. The number of nitrogens with zero attached hydrogens (tertiary/aromatic N) is 7. The lowest BCUT2D eigenvalue weighted by Gasteiger charge is -2.48. The van der Waals surface area contributed by atoms with Crippen molar-refractivity contribution < 1.29 is 0 Å². The van der Waals surface area contributed by atoms with Gasteiger partial charge in [-0.05, 0) is 12.5 Å². The molecule has 2 N–H and O–H groups in total. The molecular weight excluding hydrogens is 378 g/mol. The average Bonchev–Trinajstić information content (AvgIpc) is 3.38. The number of hydrogen-bond donors (Lipinski definition) is 2. The molecule has 7 heterocycles. The minimum atomic E-state index is 0.499. The van der Waals surface area contributed by atoms with Gasteiger partial charge >= 0.3 is 0 Å². The maximum atomic E-state index is 9.69. The molecule has 0 aromatic carbocycles. The number of anilines is 1. The van der Waals surface area contributed by atoms with E-state index in [0.29, 0.717) is 23.3 Å². The van der Waals surface area contributed by atoms with Gasteiger partial charge in [0.25, 0.3) is 0 Å². The molecular formula is C21H19N9. The Morgan fingerprint density at radius 2 is 1.83 bits per heavy atom. The molecule has 0 aliphatic carbocycles. The van der Waals surface area contributed by atoms with E-state index in [-0.39, 0.29) is 0 Å². The number of aromatic nitrogens is 6. The summed E-state index contributed by atoms with van der Waals surface area (Å²) in [6.45, 7) is 1.87. The second kappa shape index (κ2) is 6.37. The maximum absolute atomic E-state index is 9.69. The van der Waals surface area contributed by atoms with E-state index in [2.05, 4.69) is 41.3 Å². The third kappa shape index (κ3) is 2.65. The van der Waals surface area contributed by atoms with E-state index in [0.717, 1.165) is 46.8 Å². The number of H-pyrrole nitrogens is 1. The van der Waals surface area contributed by atoms with E-state index >= 15 is 0 Å². The van der Waals surface area contributed by atoms with Crippen molar-refractivity contribution in [3.8, 4) is 28.5 Å². The van der Waals surface area contributed by atoms with E-state index in [1.807, 2.05) is 31.7 Å². The number of pyridine rings is 1. The fourth-order valence-corrected chi connectivity index (χ4v) is 4.48. The molecule has 0 saturated carbocycles. The lowest BCUT2D eigenvalue weighted by atomic mass is 9.92. The number of rotatable bonds is 3. The lowest BCUT2D eigenvalue weighted by molar-refractivity contribution is 0.224. The summed E-state index contributed by atoms with van der Waals surface area (Å²) in [6.07, 6.45) is 10.2. The predicted molar refractivity (Wildman–Crippen MR) is 112 cm³/mol. The molecule has 3 fully saturated rings. The smallest absolute Gasteiger partial charge is 0.225 e. The molecule has 148 valence electrons. The minimum Gasteiger partial charge on any atom is -0.339 e. The topological polar surface area (TPSA) is 111 Å². The number of hydrogen-bond acceptors (Lipinski definition) is 7. The number of fused-ring (bicyclic) bond motifs is 3. The van der Waals surface area contributed by atoms with Gasteiger partial charge in [-0.15, -0.1) is 0 Å². The molecule has 0 radical (unpaired) electrons. The number of nitriles is 1. The van der Waals surface area contributed by atoms with Gasteiger partial charge in [0.2, 0.25) is 5.95 Å². The van der Waals surface area contributed by atoms with E-state index in [1.54, 1.807) is 17.1 Å². The molecule has 3 aliphatic rings. The second-order valence-electron chi connectivity index (χ2n) is 7.98. The molecule has 4 aromatic rings. The highest BCUT2D eigenvalue weighted by Gasteiger charge is 2.37. The Morgan fingerprint density at radius 1 is 1.07 bits per heavy atom. The molecule has 30 heavy (non-hydrogen) atoms. The summed E-state index contributed by atoms with van der Waals surface area (Å²) in [5, 5.41) is 18.3. The number of piperazine rings is 1. The molecule has 3 aliphatic heterocycles. The summed E-state index contributed by atoms with van der Waals surface area (Å²) in [5.41, 5.74) is 4.68. The molecule has 2 unspecified atom stereocenters. The van der Waals surface area contributed by atoms with Crippen molar-refractivity contribution in [1.82, 2.24) is 35.0 Å². The monoisotopic (exact) mass is 397 g/mol. The Bertz CT molecular complexity index is 1280. The second-order valence-corrected chi connectivity index (χ2v) is 7.98. The van der Waals surface area contributed by atoms with Crippen molar-refractivity contribution in [2.45, 2.75) is 18.5 Å². The van der Waals surface area contributed by atoms with Crippen LogP contribution in [0.3, 0.4) is 0 Å². The van der Waals surface area contributed by atoms with Gasteiger partial charge in [-0.2, -0.15) is 10.4 Å². The van der Waals surface area contributed by atoms with Crippen molar-refractivity contribution in [3.05, 3.63) is 42.6 Å². The molecule has 3 saturated heterocycles. The third-order valence-corrected chi connectivity index (χ3v) is 5.93. The van der Waals surface area contributed by atoms with E-state index < -0.39 is 0 Å². The van der Waals surface area contributed by atoms with Crippen LogP contribution < -0.4 is 10.2 Å². The first-order chi connectivity index (χ1) is 14.7. The van der Waals surface area contributed by atoms with Gasteiger partial charge in [-0.3, -0.25) is 4.68 Å². The third-order valence-electron chi connectivity index (χ3n) is 5.93. The fraction of sp³-hybridized carbons (Fsp3) is 0.286. The molecule has 2 bridgehead atoms. The van der Waals surface area contributed by atoms with Gasteiger partial charge in [0.15, 0.2) is 0 Å². The van der Waals surface area contributed by atoms with E-state index in [1.165, 1.54) is 6.42 Å². The van der Waals surface area contributed by atoms with Gasteiger partial charge in [0.05, 0.1) is 17.5 Å². The summed E-state index contributed by atoms with van der Waals surface area (Å²) in [4.78, 5) is 19.2. The molecule has 9 nitrogen and oxygen atoms in total. The molecule has 0 spiro atoms. The van der Waals surface area contributed by atoms with Crippen LogP contribution in [-0.2, 0) is 7.05 Å². The standard InChI is InChI=1S/C21H19N9/c1-29-9-14(8-26-29)18-3-17-19(12(4-22)5-23-20(17)28-18)13-6-24-21(25-7-13)30-10-15-2-16(11-30)27-15/h3,5-9,15-16,27H,2,10-11H2,1H3,(H,23,28). The first-order valence-electron chi connectivity index (χ1n) is 9.92. The summed E-state index contributed by atoms with van der Waals surface area (Å²) in [7, 11) is 1.88. The van der Waals surface area contributed by atoms with Crippen LogP contribution in [-0.4, -0.2) is 54.9 Å². The summed E-state index contributed by atoms with van der Waals surface area (Å²) < 4.78 is 1.75. The molecule has 9 heteroatoms. The van der Waals surface area contributed by atoms with Crippen molar-refractivity contribution >= 4 is 17.0 Å². The fourth-order valence-electron chi connectivity index (χ4n) is 4.48. The maximum Gasteiger partial charge on any atom is 0.225 e. The van der Waals surface area contributed by atoms with Crippen molar-refractivity contribution in [2.75, 3.05) is 18.0 Å². The lowest BCUT2D eigenvalue weighted by Crippen LogP contribution is -2.67. The van der Waals surface area contributed by atoms with Gasteiger partial charge in [0.1, 0.15) is 11.7 Å². The van der Waals surface area contributed by atoms with E-state index in [9.17, 15) is 5.26 Å². The summed E-state index contributed by atoms with van der Waals surface area (Å²) >= 11 is 0. The van der Waals surface area contributed by atoms with Crippen LogP contribution in [0.25, 0.3) is 33.4 Å². The van der Waals surface area contributed by atoms with Crippen LogP contribution >= 0.6 is 0 Å². The molecule has 2 atom stereocenters. The zero-order valence-corrected chi connectivity index (χ0v) is 16.4. The Morgan fingerprint density at radius 3 is 2.50 bits per heavy atom. The Labute approximate surface area is 172 Å². The number of piperidine rings is 1. The average molecular weight is 397 g/mol. The normalized spacial score (nSPS) is 20.2. The van der Waals surface area contributed by atoms with Crippen LogP contribution in [0.1, 0.15) is 12.0 Å². The Kier molecular flexibility index (Phi) is 3.63. The summed E-state index contributed by atoms with van der Waals surface area (Å²) in [5.74, 6) is 0.740. The van der Waals surface area contributed by atoms with Gasteiger partial charge in [0, 0.05) is 79.1 Å². The van der Waals surface area contributed by atoms with E-state index in [4.69, 9.17) is 0 Å². The zero-order chi connectivity index (χ0) is 20.2.